The molecule has 1 aliphatic carbocycles. The Morgan fingerprint density at radius 3 is 2.70 bits per heavy atom. The topological polar surface area (TPSA) is 68.9 Å². The Labute approximate surface area is 124 Å². The molecule has 0 aromatic heterocycles. The zero-order chi connectivity index (χ0) is 14.6. The molecule has 0 heterocycles. The molecule has 0 amide bonds. The van der Waals surface area contributed by atoms with Crippen LogP contribution >= 0.6 is 11.6 Å². The summed E-state index contributed by atoms with van der Waals surface area (Å²) in [5, 5.41) is 3.54. The Hall–Kier alpha value is -1.46. The van der Waals surface area contributed by atoms with E-state index in [-0.39, 0.29) is 5.60 Å². The normalized spacial score (nSPS) is 17.4. The third-order valence-electron chi connectivity index (χ3n) is 3.66. The van der Waals surface area contributed by atoms with Crippen LogP contribution in [-0.4, -0.2) is 32.3 Å². The van der Waals surface area contributed by atoms with Gasteiger partial charge in [0, 0.05) is 12.8 Å². The number of hydrogen-bond acceptors (Lipinski definition) is 3. The lowest BCUT2D eigenvalue weighted by Crippen LogP contribution is -2.43. The molecule has 110 valence electrons. The summed E-state index contributed by atoms with van der Waals surface area (Å²) in [5.74, 6) is 0.982. The van der Waals surface area contributed by atoms with Crippen LogP contribution in [0.2, 0.25) is 5.02 Å². The Morgan fingerprint density at radius 1 is 1.45 bits per heavy atom. The fourth-order valence-electron chi connectivity index (χ4n) is 2.16. The molecule has 0 atom stereocenters. The van der Waals surface area contributed by atoms with Gasteiger partial charge in [-0.25, -0.2) is 0 Å². The van der Waals surface area contributed by atoms with E-state index in [4.69, 9.17) is 26.8 Å². The zero-order valence-electron chi connectivity index (χ0n) is 11.8. The summed E-state index contributed by atoms with van der Waals surface area (Å²) in [5.41, 5.74) is 6.53. The number of nitrogens with zero attached hydrogens (tertiary/aromatic N) is 1. The number of ether oxygens (including phenoxy) is 2. The molecule has 0 aliphatic heterocycles. The van der Waals surface area contributed by atoms with Gasteiger partial charge in [0.1, 0.15) is 5.75 Å². The fourth-order valence-corrected chi connectivity index (χ4v) is 2.42. The summed E-state index contributed by atoms with van der Waals surface area (Å²) < 4.78 is 10.6. The molecule has 0 spiro atoms. The number of hydrogen-bond donors (Lipinski definition) is 2. The van der Waals surface area contributed by atoms with Gasteiger partial charge in [-0.05, 0) is 37.5 Å². The van der Waals surface area contributed by atoms with Gasteiger partial charge in [0.05, 0.1) is 24.3 Å². The molecule has 3 N–H and O–H groups in total. The molecule has 0 saturated heterocycles. The molecule has 1 aromatic rings. The second kappa shape index (κ2) is 6.33. The highest BCUT2D eigenvalue weighted by Gasteiger charge is 2.36. The number of rotatable bonds is 5. The Balaban J connectivity index is 1.96. The molecular formula is C14H20ClN3O2. The van der Waals surface area contributed by atoms with Crippen LogP contribution in [0.4, 0.5) is 5.69 Å². The number of benzene rings is 1. The predicted octanol–water partition coefficient (Wildman–Crippen LogP) is 2.64. The van der Waals surface area contributed by atoms with E-state index < -0.39 is 0 Å². The van der Waals surface area contributed by atoms with Crippen LogP contribution in [-0.2, 0) is 4.74 Å². The van der Waals surface area contributed by atoms with Gasteiger partial charge in [-0.15, -0.1) is 0 Å². The predicted molar refractivity (Wildman–Crippen MR) is 81.7 cm³/mol. The van der Waals surface area contributed by atoms with Crippen molar-refractivity contribution < 1.29 is 9.47 Å². The lowest BCUT2D eigenvalue weighted by Gasteiger charge is -2.39. The zero-order valence-corrected chi connectivity index (χ0v) is 12.5. The van der Waals surface area contributed by atoms with E-state index in [0.717, 1.165) is 18.5 Å². The van der Waals surface area contributed by atoms with Crippen molar-refractivity contribution in [1.82, 2.24) is 0 Å². The Bertz CT molecular complexity index is 496. The molecule has 1 saturated carbocycles. The molecule has 1 aromatic carbocycles. The largest absolute Gasteiger partial charge is 0.495 e. The van der Waals surface area contributed by atoms with Crippen LogP contribution in [0, 0.1) is 0 Å². The van der Waals surface area contributed by atoms with Gasteiger partial charge in [-0.3, -0.25) is 4.99 Å². The average Bonchev–Trinajstić information content (AvgIpc) is 2.38. The first-order valence-corrected chi connectivity index (χ1v) is 6.92. The van der Waals surface area contributed by atoms with Gasteiger partial charge in [0.15, 0.2) is 5.96 Å². The third kappa shape index (κ3) is 3.35. The van der Waals surface area contributed by atoms with Crippen LogP contribution in [0.15, 0.2) is 23.2 Å². The molecule has 2 rings (SSSR count). The van der Waals surface area contributed by atoms with Crippen molar-refractivity contribution in [1.29, 1.82) is 0 Å². The number of guanidine groups is 1. The second-order valence-corrected chi connectivity index (χ2v) is 5.32. The smallest absolute Gasteiger partial charge is 0.193 e. The standard InChI is InChI=1S/C14H20ClN3O2/c1-19-12-5-4-10(8-11(12)15)18-13(16)17-9-14(20-2)6-3-7-14/h4-5,8H,3,6-7,9H2,1-2H3,(H3,16,17,18). The van der Waals surface area contributed by atoms with E-state index in [0.29, 0.717) is 23.3 Å². The molecule has 1 aliphatic rings. The first-order valence-electron chi connectivity index (χ1n) is 6.54. The molecular weight excluding hydrogens is 278 g/mol. The van der Waals surface area contributed by atoms with Gasteiger partial charge in [-0.1, -0.05) is 11.6 Å². The minimum absolute atomic E-state index is 0.121. The molecule has 20 heavy (non-hydrogen) atoms. The van der Waals surface area contributed by atoms with Crippen LogP contribution in [0.3, 0.4) is 0 Å². The molecule has 0 bridgehead atoms. The van der Waals surface area contributed by atoms with E-state index in [1.807, 2.05) is 6.07 Å². The van der Waals surface area contributed by atoms with Crippen molar-refractivity contribution in [3.05, 3.63) is 23.2 Å². The van der Waals surface area contributed by atoms with Gasteiger partial charge in [0.25, 0.3) is 0 Å². The van der Waals surface area contributed by atoms with Crippen molar-refractivity contribution in [2.24, 2.45) is 10.7 Å². The van der Waals surface area contributed by atoms with Crippen molar-refractivity contribution in [2.75, 3.05) is 26.1 Å². The summed E-state index contributed by atoms with van der Waals surface area (Å²) in [4.78, 5) is 4.34. The highest BCUT2D eigenvalue weighted by molar-refractivity contribution is 6.32. The number of nitrogens with one attached hydrogen (secondary N) is 1. The van der Waals surface area contributed by atoms with Gasteiger partial charge < -0.3 is 20.5 Å². The number of halogens is 1. The van der Waals surface area contributed by atoms with Gasteiger partial charge >= 0.3 is 0 Å². The van der Waals surface area contributed by atoms with Crippen molar-refractivity contribution in [3.63, 3.8) is 0 Å². The number of anilines is 1. The lowest BCUT2D eigenvalue weighted by atomic mass is 9.80. The molecule has 0 unspecified atom stereocenters. The number of methoxy groups -OCH3 is 2. The second-order valence-electron chi connectivity index (χ2n) is 4.92. The van der Waals surface area contributed by atoms with Crippen LogP contribution in [0.25, 0.3) is 0 Å². The number of aliphatic imine (C=N–C) groups is 1. The highest BCUT2D eigenvalue weighted by Crippen LogP contribution is 2.35. The Morgan fingerprint density at radius 2 is 2.20 bits per heavy atom. The summed E-state index contributed by atoms with van der Waals surface area (Å²) in [6.07, 6.45) is 3.26. The minimum Gasteiger partial charge on any atom is -0.495 e. The average molecular weight is 298 g/mol. The summed E-state index contributed by atoms with van der Waals surface area (Å²) in [6, 6.07) is 5.36. The van der Waals surface area contributed by atoms with Crippen LogP contribution < -0.4 is 15.8 Å². The molecule has 5 nitrogen and oxygen atoms in total. The summed E-state index contributed by atoms with van der Waals surface area (Å²) in [7, 11) is 3.30. The van der Waals surface area contributed by atoms with E-state index in [1.165, 1.54) is 6.42 Å². The van der Waals surface area contributed by atoms with E-state index in [1.54, 1.807) is 26.4 Å². The molecule has 6 heteroatoms. The summed E-state index contributed by atoms with van der Waals surface area (Å²) in [6.45, 7) is 0.576. The van der Waals surface area contributed by atoms with E-state index >= 15 is 0 Å². The monoisotopic (exact) mass is 297 g/mol. The molecule has 1 fully saturated rings. The first-order chi connectivity index (χ1) is 9.58. The van der Waals surface area contributed by atoms with Gasteiger partial charge in [0.2, 0.25) is 0 Å². The SMILES string of the molecule is COc1ccc(NC(N)=NCC2(OC)CCC2)cc1Cl. The van der Waals surface area contributed by atoms with Crippen LogP contribution in [0.1, 0.15) is 19.3 Å². The summed E-state index contributed by atoms with van der Waals surface area (Å²) >= 11 is 6.05. The highest BCUT2D eigenvalue weighted by atomic mass is 35.5. The molecule has 0 radical (unpaired) electrons. The third-order valence-corrected chi connectivity index (χ3v) is 3.95. The van der Waals surface area contributed by atoms with E-state index in [9.17, 15) is 0 Å². The maximum absolute atomic E-state index is 6.05. The maximum atomic E-state index is 6.05. The van der Waals surface area contributed by atoms with Crippen molar-refractivity contribution >= 4 is 23.2 Å². The number of nitrogens with two attached hydrogens (primary N) is 1. The fraction of sp³-hybridized carbons (Fsp3) is 0.500. The van der Waals surface area contributed by atoms with Gasteiger partial charge in [-0.2, -0.15) is 0 Å². The maximum Gasteiger partial charge on any atom is 0.193 e. The quantitative estimate of drug-likeness (QED) is 0.647. The Kier molecular flexibility index (Phi) is 4.73. The van der Waals surface area contributed by atoms with Crippen molar-refractivity contribution in [2.45, 2.75) is 24.9 Å². The lowest BCUT2D eigenvalue weighted by molar-refractivity contribution is -0.0629. The minimum atomic E-state index is -0.121. The van der Waals surface area contributed by atoms with Crippen molar-refractivity contribution in [3.8, 4) is 5.75 Å². The van der Waals surface area contributed by atoms with E-state index in [2.05, 4.69) is 10.3 Å². The van der Waals surface area contributed by atoms with Crippen LogP contribution in [0.5, 0.6) is 5.75 Å². The first kappa shape index (κ1) is 14.9.